The Labute approximate surface area is 144 Å². The lowest BCUT2D eigenvalue weighted by atomic mass is 10.1. The van der Waals surface area contributed by atoms with E-state index in [-0.39, 0.29) is 5.78 Å². The van der Waals surface area contributed by atoms with Gasteiger partial charge in [-0.3, -0.25) is 19.8 Å². The third-order valence-corrected chi connectivity index (χ3v) is 3.50. The fraction of sp³-hybridized carbons (Fsp3) is 0.111. The summed E-state index contributed by atoms with van der Waals surface area (Å²) in [5.41, 5.74) is 2.15. The smallest absolute Gasteiger partial charge is 0.308 e. The molecule has 0 spiro atoms. The van der Waals surface area contributed by atoms with Crippen LogP contribution in [0, 0.1) is 0 Å². The second-order valence-corrected chi connectivity index (χ2v) is 5.47. The fourth-order valence-electron chi connectivity index (χ4n) is 2.29. The largest absolute Gasteiger partial charge is 0.324 e. The number of hydrogen-bond donors (Lipinski definition) is 2. The van der Waals surface area contributed by atoms with Crippen LogP contribution in [0.3, 0.4) is 0 Å². The molecule has 2 aromatic heterocycles. The minimum absolute atomic E-state index is 0.0566. The van der Waals surface area contributed by atoms with Gasteiger partial charge in [0.1, 0.15) is 0 Å². The summed E-state index contributed by atoms with van der Waals surface area (Å²) in [6.07, 6.45) is 5.23. The Morgan fingerprint density at radius 3 is 2.64 bits per heavy atom. The number of rotatable bonds is 5. The molecule has 0 unspecified atom stereocenters. The Balaban J connectivity index is 1.60. The maximum Gasteiger partial charge on any atom is 0.324 e. The molecule has 126 valence electrons. The summed E-state index contributed by atoms with van der Waals surface area (Å²) in [6, 6.07) is 11.9. The molecule has 0 atom stereocenters. The average Bonchev–Trinajstić information content (AvgIpc) is 3.02. The van der Waals surface area contributed by atoms with Gasteiger partial charge in [-0.1, -0.05) is 12.1 Å². The maximum absolute atomic E-state index is 12.1. The van der Waals surface area contributed by atoms with Crippen molar-refractivity contribution in [1.82, 2.24) is 14.8 Å². The number of urea groups is 1. The predicted octanol–water partition coefficient (Wildman–Crippen LogP) is 3.17. The van der Waals surface area contributed by atoms with E-state index in [1.807, 2.05) is 12.1 Å². The molecule has 0 saturated carbocycles. The van der Waals surface area contributed by atoms with E-state index in [0.29, 0.717) is 23.6 Å². The van der Waals surface area contributed by atoms with Crippen molar-refractivity contribution in [3.8, 4) is 0 Å². The van der Waals surface area contributed by atoms with E-state index in [4.69, 9.17) is 0 Å². The Bertz CT molecular complexity index is 889. The molecule has 0 radical (unpaired) electrons. The molecule has 0 fully saturated rings. The van der Waals surface area contributed by atoms with E-state index >= 15 is 0 Å². The number of hydrogen-bond acceptors (Lipinski definition) is 4. The van der Waals surface area contributed by atoms with Crippen molar-refractivity contribution in [2.45, 2.75) is 13.5 Å². The molecule has 3 rings (SSSR count). The predicted molar refractivity (Wildman–Crippen MR) is 94.7 cm³/mol. The summed E-state index contributed by atoms with van der Waals surface area (Å²) in [6.45, 7) is 2.07. The zero-order chi connectivity index (χ0) is 17.6. The van der Waals surface area contributed by atoms with Crippen LogP contribution >= 0.6 is 0 Å². The molecule has 2 N–H and O–H groups in total. The zero-order valence-corrected chi connectivity index (χ0v) is 13.6. The first-order valence-electron chi connectivity index (χ1n) is 7.71. The van der Waals surface area contributed by atoms with E-state index in [2.05, 4.69) is 20.7 Å². The standard InChI is InChI=1S/C18H17N5O2/c1-13(24)15-3-2-4-16(11-15)20-18(25)21-17-7-10-23(22-17)12-14-5-8-19-9-6-14/h2-11H,12H2,1H3,(H2,20,21,22,25). The summed E-state index contributed by atoms with van der Waals surface area (Å²) < 4.78 is 1.72. The van der Waals surface area contributed by atoms with Crippen LogP contribution in [0.25, 0.3) is 0 Å². The first kappa shape index (κ1) is 16.4. The van der Waals surface area contributed by atoms with Gasteiger partial charge < -0.3 is 5.32 Å². The van der Waals surface area contributed by atoms with Gasteiger partial charge in [0.05, 0.1) is 6.54 Å². The van der Waals surface area contributed by atoms with Crippen molar-refractivity contribution in [1.29, 1.82) is 0 Å². The number of Topliss-reactive ketones (excluding diaryl/α,β-unsaturated/α-hetero) is 1. The molecule has 25 heavy (non-hydrogen) atoms. The highest BCUT2D eigenvalue weighted by molar-refractivity contribution is 6.00. The second kappa shape index (κ2) is 7.39. The minimum Gasteiger partial charge on any atom is -0.308 e. The van der Waals surface area contributed by atoms with Crippen LogP contribution in [0.2, 0.25) is 0 Å². The van der Waals surface area contributed by atoms with Crippen molar-refractivity contribution in [3.63, 3.8) is 0 Å². The molecule has 0 saturated heterocycles. The SMILES string of the molecule is CC(=O)c1cccc(NC(=O)Nc2ccn(Cc3ccncc3)n2)c1. The van der Waals surface area contributed by atoms with Crippen molar-refractivity contribution in [2.24, 2.45) is 0 Å². The van der Waals surface area contributed by atoms with E-state index in [1.165, 1.54) is 6.92 Å². The number of ketones is 1. The summed E-state index contributed by atoms with van der Waals surface area (Å²) in [5.74, 6) is 0.383. The normalized spacial score (nSPS) is 10.3. The van der Waals surface area contributed by atoms with Gasteiger partial charge >= 0.3 is 6.03 Å². The maximum atomic E-state index is 12.1. The Hall–Kier alpha value is -3.48. The Morgan fingerprint density at radius 1 is 1.08 bits per heavy atom. The first-order valence-corrected chi connectivity index (χ1v) is 7.71. The average molecular weight is 335 g/mol. The van der Waals surface area contributed by atoms with Crippen LogP contribution in [-0.4, -0.2) is 26.6 Å². The van der Waals surface area contributed by atoms with E-state index < -0.39 is 6.03 Å². The summed E-state index contributed by atoms with van der Waals surface area (Å²) >= 11 is 0. The second-order valence-electron chi connectivity index (χ2n) is 5.47. The monoisotopic (exact) mass is 335 g/mol. The topological polar surface area (TPSA) is 88.9 Å². The molecule has 0 aliphatic heterocycles. The van der Waals surface area contributed by atoms with Crippen LogP contribution in [0.1, 0.15) is 22.8 Å². The number of amides is 2. The van der Waals surface area contributed by atoms with Gasteiger partial charge in [-0.2, -0.15) is 5.10 Å². The molecule has 1 aromatic carbocycles. The molecule has 7 nitrogen and oxygen atoms in total. The van der Waals surface area contributed by atoms with Crippen LogP contribution < -0.4 is 10.6 Å². The van der Waals surface area contributed by atoms with Crippen molar-refractivity contribution in [3.05, 3.63) is 72.2 Å². The van der Waals surface area contributed by atoms with E-state index in [0.717, 1.165) is 5.56 Å². The number of nitrogens with zero attached hydrogens (tertiary/aromatic N) is 3. The van der Waals surface area contributed by atoms with Crippen LogP contribution in [0.15, 0.2) is 61.1 Å². The van der Waals surface area contributed by atoms with E-state index in [9.17, 15) is 9.59 Å². The summed E-state index contributed by atoms with van der Waals surface area (Å²) in [5, 5.41) is 9.65. The molecule has 7 heteroatoms. The quantitative estimate of drug-likeness (QED) is 0.701. The molecule has 3 aromatic rings. The molecular formula is C18H17N5O2. The number of carbonyl (C=O) groups is 2. The van der Waals surface area contributed by atoms with Crippen molar-refractivity contribution in [2.75, 3.05) is 10.6 Å². The third kappa shape index (κ3) is 4.51. The lowest BCUT2D eigenvalue weighted by molar-refractivity contribution is 0.101. The fourth-order valence-corrected chi connectivity index (χ4v) is 2.29. The number of nitrogens with one attached hydrogen (secondary N) is 2. The Morgan fingerprint density at radius 2 is 1.88 bits per heavy atom. The third-order valence-electron chi connectivity index (χ3n) is 3.50. The van der Waals surface area contributed by atoms with Gasteiger partial charge in [-0.25, -0.2) is 4.79 Å². The van der Waals surface area contributed by atoms with Crippen LogP contribution in [-0.2, 0) is 6.54 Å². The van der Waals surface area contributed by atoms with Gasteiger partial charge in [-0.05, 0) is 36.8 Å². The lowest BCUT2D eigenvalue weighted by Gasteiger charge is -2.07. The first-order chi connectivity index (χ1) is 12.1. The highest BCUT2D eigenvalue weighted by Gasteiger charge is 2.07. The summed E-state index contributed by atoms with van der Waals surface area (Å²) in [4.78, 5) is 27.4. The van der Waals surface area contributed by atoms with Crippen LogP contribution in [0.4, 0.5) is 16.3 Å². The van der Waals surface area contributed by atoms with E-state index in [1.54, 1.807) is 53.6 Å². The van der Waals surface area contributed by atoms with Crippen molar-refractivity contribution < 1.29 is 9.59 Å². The lowest BCUT2D eigenvalue weighted by Crippen LogP contribution is -2.20. The van der Waals surface area contributed by atoms with Gasteiger partial charge in [0.2, 0.25) is 0 Å². The molecule has 2 heterocycles. The number of aromatic nitrogens is 3. The number of benzene rings is 1. The van der Waals surface area contributed by atoms with Crippen LogP contribution in [0.5, 0.6) is 0 Å². The zero-order valence-electron chi connectivity index (χ0n) is 13.6. The highest BCUT2D eigenvalue weighted by Crippen LogP contribution is 2.12. The van der Waals surface area contributed by atoms with Crippen molar-refractivity contribution >= 4 is 23.3 Å². The summed E-state index contributed by atoms with van der Waals surface area (Å²) in [7, 11) is 0. The van der Waals surface area contributed by atoms with Gasteiger partial charge in [0.15, 0.2) is 11.6 Å². The van der Waals surface area contributed by atoms with Gasteiger partial charge in [0.25, 0.3) is 0 Å². The molecule has 2 amide bonds. The van der Waals surface area contributed by atoms with Gasteiger partial charge in [-0.15, -0.1) is 0 Å². The number of pyridine rings is 1. The Kier molecular flexibility index (Phi) is 4.84. The molecular weight excluding hydrogens is 318 g/mol. The number of anilines is 2. The minimum atomic E-state index is -0.421. The molecule has 0 aliphatic carbocycles. The number of carbonyl (C=O) groups excluding carboxylic acids is 2. The van der Waals surface area contributed by atoms with Gasteiger partial charge in [0, 0.05) is 35.9 Å². The highest BCUT2D eigenvalue weighted by atomic mass is 16.2. The molecule has 0 bridgehead atoms. The molecule has 0 aliphatic rings.